The Kier molecular flexibility index (Phi) is 5.00. The van der Waals surface area contributed by atoms with Crippen LogP contribution in [-0.2, 0) is 30.6 Å². The molecule has 1 saturated carbocycles. The van der Waals surface area contributed by atoms with Gasteiger partial charge in [0.25, 0.3) is 0 Å². The number of aromatic nitrogens is 4. The minimum atomic E-state index is -0.525. The first-order chi connectivity index (χ1) is 12.6. The van der Waals surface area contributed by atoms with Crippen molar-refractivity contribution < 1.29 is 9.90 Å². The summed E-state index contributed by atoms with van der Waals surface area (Å²) in [5, 5.41) is 25.5. The molecule has 2 aliphatic rings. The number of carbonyl (C=O) groups is 1. The predicted octanol–water partition coefficient (Wildman–Crippen LogP) is 1.64. The van der Waals surface area contributed by atoms with Crippen LogP contribution >= 0.6 is 11.6 Å². The number of halogens is 1. The summed E-state index contributed by atoms with van der Waals surface area (Å²) in [6.07, 6.45) is 8.87. The number of hydrogen-bond acceptors (Lipinski definition) is 4. The lowest BCUT2D eigenvalue weighted by Crippen LogP contribution is -2.40. The van der Waals surface area contributed by atoms with Crippen LogP contribution in [-0.4, -0.2) is 43.1 Å². The Morgan fingerprint density at radius 2 is 2.23 bits per heavy atom. The topological polar surface area (TPSA) is 95.8 Å². The summed E-state index contributed by atoms with van der Waals surface area (Å²) in [5.74, 6) is 0.195. The van der Waals surface area contributed by atoms with Gasteiger partial charge >= 0.3 is 0 Å². The number of hydrogen-bond donors (Lipinski definition) is 3. The van der Waals surface area contributed by atoms with E-state index in [1.165, 1.54) is 17.7 Å². The first kappa shape index (κ1) is 17.5. The molecule has 0 spiro atoms. The maximum absolute atomic E-state index is 12.5. The summed E-state index contributed by atoms with van der Waals surface area (Å²) >= 11 is 5.89. The molecule has 2 aromatic heterocycles. The highest BCUT2D eigenvalue weighted by Gasteiger charge is 2.34. The molecule has 0 aliphatic heterocycles. The molecule has 1 unspecified atom stereocenters. The van der Waals surface area contributed by atoms with Crippen LogP contribution in [0.15, 0.2) is 12.4 Å². The van der Waals surface area contributed by atoms with Crippen molar-refractivity contribution in [2.24, 2.45) is 5.92 Å². The predicted molar refractivity (Wildman–Crippen MR) is 96.8 cm³/mol. The highest BCUT2D eigenvalue weighted by atomic mass is 35.5. The van der Waals surface area contributed by atoms with E-state index in [1.807, 2.05) is 0 Å². The number of aromatic amines is 1. The zero-order valence-corrected chi connectivity index (χ0v) is 15.4. The van der Waals surface area contributed by atoms with Crippen molar-refractivity contribution in [3.8, 4) is 0 Å². The fourth-order valence-electron chi connectivity index (χ4n) is 4.23. The third-order valence-corrected chi connectivity index (χ3v) is 5.69. The molecule has 7 nitrogen and oxygen atoms in total. The van der Waals surface area contributed by atoms with Gasteiger partial charge in [-0.15, -0.1) is 0 Å². The second-order valence-corrected chi connectivity index (χ2v) is 7.91. The van der Waals surface area contributed by atoms with Gasteiger partial charge in [-0.2, -0.15) is 10.2 Å². The maximum atomic E-state index is 12.5. The van der Waals surface area contributed by atoms with Gasteiger partial charge in [-0.05, 0) is 50.0 Å². The second-order valence-electron chi connectivity index (χ2n) is 7.47. The van der Waals surface area contributed by atoms with Crippen LogP contribution in [0.4, 0.5) is 0 Å². The summed E-state index contributed by atoms with van der Waals surface area (Å²) < 4.78 is 1.79. The lowest BCUT2D eigenvalue weighted by molar-refractivity contribution is -0.121. The Balaban J connectivity index is 1.32. The van der Waals surface area contributed by atoms with E-state index in [1.54, 1.807) is 17.1 Å². The summed E-state index contributed by atoms with van der Waals surface area (Å²) in [4.78, 5) is 12.5. The minimum absolute atomic E-state index is 0.0725. The normalized spacial score (nSPS) is 25.2. The van der Waals surface area contributed by atoms with Crippen LogP contribution in [0.3, 0.4) is 0 Å². The van der Waals surface area contributed by atoms with Crippen LogP contribution in [0.1, 0.15) is 42.6 Å². The summed E-state index contributed by atoms with van der Waals surface area (Å²) in [6.45, 7) is 0.697. The molecule has 0 aromatic carbocycles. The van der Waals surface area contributed by atoms with Gasteiger partial charge in [0.05, 0.1) is 35.5 Å². The van der Waals surface area contributed by atoms with E-state index in [9.17, 15) is 9.90 Å². The molecule has 2 aromatic rings. The Morgan fingerprint density at radius 3 is 3.04 bits per heavy atom. The van der Waals surface area contributed by atoms with Gasteiger partial charge in [-0.25, -0.2) is 0 Å². The number of aryl methyl sites for hydroxylation is 1. The number of carbonyl (C=O) groups excluding carboxylic acids is 1. The van der Waals surface area contributed by atoms with Gasteiger partial charge in [0.2, 0.25) is 5.91 Å². The van der Waals surface area contributed by atoms with Gasteiger partial charge in [0.15, 0.2) is 0 Å². The zero-order valence-electron chi connectivity index (χ0n) is 14.6. The average Bonchev–Trinajstić information content (AvgIpc) is 3.29. The highest BCUT2D eigenvalue weighted by molar-refractivity contribution is 6.30. The molecular formula is C18H24ClN5O2. The van der Waals surface area contributed by atoms with E-state index in [2.05, 4.69) is 20.6 Å². The molecule has 0 saturated heterocycles. The van der Waals surface area contributed by atoms with Crippen molar-refractivity contribution in [2.45, 2.75) is 63.6 Å². The molecule has 2 heterocycles. The number of fused-ring (bicyclic) bond motifs is 1. The largest absolute Gasteiger partial charge is 0.391 e. The Hall–Kier alpha value is -1.86. The first-order valence-electron chi connectivity index (χ1n) is 9.29. The van der Waals surface area contributed by atoms with Gasteiger partial charge in [0, 0.05) is 18.4 Å². The molecule has 0 bridgehead atoms. The summed E-state index contributed by atoms with van der Waals surface area (Å²) in [5.41, 5.74) is 3.25. The van der Waals surface area contributed by atoms with Gasteiger partial charge in [0.1, 0.15) is 0 Å². The molecule has 3 N–H and O–H groups in total. The van der Waals surface area contributed by atoms with Crippen LogP contribution < -0.4 is 5.32 Å². The lowest BCUT2D eigenvalue weighted by atomic mass is 9.95. The molecule has 8 heteroatoms. The molecule has 3 atom stereocenters. The Bertz CT molecular complexity index is 786. The minimum Gasteiger partial charge on any atom is -0.391 e. The van der Waals surface area contributed by atoms with E-state index in [0.29, 0.717) is 18.0 Å². The summed E-state index contributed by atoms with van der Waals surface area (Å²) in [7, 11) is 0. The molecule has 1 fully saturated rings. The average molecular weight is 378 g/mol. The molecule has 4 rings (SSSR count). The van der Waals surface area contributed by atoms with Crippen LogP contribution in [0.2, 0.25) is 5.02 Å². The van der Waals surface area contributed by atoms with Gasteiger partial charge < -0.3 is 10.4 Å². The first-order valence-corrected chi connectivity index (χ1v) is 9.66. The number of amides is 1. The maximum Gasteiger partial charge on any atom is 0.226 e. The molecule has 1 amide bonds. The quantitative estimate of drug-likeness (QED) is 0.738. The molecule has 0 radical (unpaired) electrons. The molecular weight excluding hydrogens is 354 g/mol. The van der Waals surface area contributed by atoms with E-state index in [-0.39, 0.29) is 24.3 Å². The van der Waals surface area contributed by atoms with Crippen LogP contribution in [0.5, 0.6) is 0 Å². The van der Waals surface area contributed by atoms with Gasteiger partial charge in [-0.1, -0.05) is 11.6 Å². The number of nitrogens with zero attached hydrogens (tertiary/aromatic N) is 3. The van der Waals surface area contributed by atoms with Crippen molar-refractivity contribution in [2.75, 3.05) is 0 Å². The molecule has 26 heavy (non-hydrogen) atoms. The van der Waals surface area contributed by atoms with E-state index < -0.39 is 6.10 Å². The van der Waals surface area contributed by atoms with Gasteiger partial charge in [-0.3, -0.25) is 14.6 Å². The van der Waals surface area contributed by atoms with Crippen molar-refractivity contribution in [1.29, 1.82) is 0 Å². The van der Waals surface area contributed by atoms with Crippen LogP contribution in [0.25, 0.3) is 0 Å². The van der Waals surface area contributed by atoms with Crippen LogP contribution in [0, 0.1) is 5.92 Å². The fourth-order valence-corrected chi connectivity index (χ4v) is 4.39. The Morgan fingerprint density at radius 1 is 1.38 bits per heavy atom. The summed E-state index contributed by atoms with van der Waals surface area (Å²) in [6, 6.07) is -0.215. The number of rotatable bonds is 5. The van der Waals surface area contributed by atoms with Crippen molar-refractivity contribution in [3.63, 3.8) is 0 Å². The van der Waals surface area contributed by atoms with Crippen molar-refractivity contribution >= 4 is 17.5 Å². The smallest absolute Gasteiger partial charge is 0.226 e. The monoisotopic (exact) mass is 377 g/mol. The SMILES string of the molecule is O=C(Cc1n[nH]c2c1CCCC2)N[C@@H]1CC(Cn2cc(Cl)cn2)C[C@H]1O. The lowest BCUT2D eigenvalue weighted by Gasteiger charge is -2.17. The second kappa shape index (κ2) is 7.40. The molecule has 2 aliphatic carbocycles. The van der Waals surface area contributed by atoms with E-state index in [4.69, 9.17) is 11.6 Å². The zero-order chi connectivity index (χ0) is 18.1. The fraction of sp³-hybridized carbons (Fsp3) is 0.611. The standard InChI is InChI=1S/C18H24ClN5O2/c19-12-8-20-24(10-12)9-11-5-16(17(25)6-11)21-18(26)7-15-13-3-1-2-4-14(13)22-23-15/h8,10-11,16-17,25H,1-7,9H2,(H,21,26)(H,22,23)/t11?,16-,17-/m1/s1. The third-order valence-electron chi connectivity index (χ3n) is 5.49. The van der Waals surface area contributed by atoms with Crippen molar-refractivity contribution in [1.82, 2.24) is 25.3 Å². The highest BCUT2D eigenvalue weighted by Crippen LogP contribution is 2.28. The third kappa shape index (κ3) is 3.78. The van der Waals surface area contributed by atoms with Crippen molar-refractivity contribution in [3.05, 3.63) is 34.4 Å². The Labute approximate surface area is 157 Å². The number of aliphatic hydroxyl groups is 1. The van der Waals surface area contributed by atoms with E-state index in [0.717, 1.165) is 31.4 Å². The number of nitrogens with one attached hydrogen (secondary N) is 2. The number of aliphatic hydroxyl groups excluding tert-OH is 1. The number of H-pyrrole nitrogens is 1. The van der Waals surface area contributed by atoms with E-state index >= 15 is 0 Å². The molecule has 140 valence electrons.